The summed E-state index contributed by atoms with van der Waals surface area (Å²) in [6, 6.07) is 2.21. The lowest BCUT2D eigenvalue weighted by Gasteiger charge is -2.27. The molecule has 1 N–H and O–H groups in total. The molecule has 0 spiro atoms. The second-order valence-electron chi connectivity index (χ2n) is 3.85. The van der Waals surface area contributed by atoms with Crippen molar-refractivity contribution in [3.05, 3.63) is 34.9 Å². The van der Waals surface area contributed by atoms with E-state index in [9.17, 15) is 13.9 Å². The van der Waals surface area contributed by atoms with Gasteiger partial charge in [0.1, 0.15) is 11.6 Å². The summed E-state index contributed by atoms with van der Waals surface area (Å²) < 4.78 is 26.7. The van der Waals surface area contributed by atoms with Crippen LogP contribution in [-0.4, -0.2) is 5.11 Å². The van der Waals surface area contributed by atoms with Crippen LogP contribution in [0.4, 0.5) is 8.78 Å². The van der Waals surface area contributed by atoms with E-state index >= 15 is 0 Å². The lowest BCUT2D eigenvalue weighted by molar-refractivity contribution is 0.145. The molecule has 0 amide bonds. The molecule has 0 aromatic heterocycles. The molecule has 0 aliphatic heterocycles. The van der Waals surface area contributed by atoms with E-state index in [-0.39, 0.29) is 11.5 Å². The van der Waals surface area contributed by atoms with E-state index in [0.717, 1.165) is 12.1 Å². The van der Waals surface area contributed by atoms with Crippen LogP contribution in [0.25, 0.3) is 0 Å². The summed E-state index contributed by atoms with van der Waals surface area (Å²) in [5.74, 6) is -0.919. The van der Waals surface area contributed by atoms with Crippen LogP contribution < -0.4 is 0 Å². The van der Waals surface area contributed by atoms with Gasteiger partial charge in [0.15, 0.2) is 0 Å². The molecule has 14 heavy (non-hydrogen) atoms. The molecule has 1 aromatic carbocycles. The zero-order valence-electron chi connectivity index (χ0n) is 7.93. The molecule has 2 atom stereocenters. The molecule has 0 bridgehead atoms. The van der Waals surface area contributed by atoms with Gasteiger partial charge in [0.25, 0.3) is 0 Å². The van der Waals surface area contributed by atoms with E-state index in [1.807, 2.05) is 6.92 Å². The van der Waals surface area contributed by atoms with Crippen LogP contribution in [0.3, 0.4) is 0 Å². The number of halogens is 2. The highest BCUT2D eigenvalue weighted by molar-refractivity contribution is 5.36. The zero-order chi connectivity index (χ0) is 10.3. The van der Waals surface area contributed by atoms with Crippen LogP contribution in [0.15, 0.2) is 12.1 Å². The highest BCUT2D eigenvalue weighted by atomic mass is 19.1. The summed E-state index contributed by atoms with van der Waals surface area (Å²) in [4.78, 5) is 0. The number of aliphatic hydroxyl groups excluding tert-OH is 1. The topological polar surface area (TPSA) is 20.2 Å². The number of aliphatic hydroxyl groups is 1. The Labute approximate surface area is 81.4 Å². The minimum atomic E-state index is -0.850. The highest BCUT2D eigenvalue weighted by Gasteiger charge is 2.28. The van der Waals surface area contributed by atoms with E-state index in [1.165, 1.54) is 0 Å². The van der Waals surface area contributed by atoms with E-state index < -0.39 is 17.7 Å². The van der Waals surface area contributed by atoms with Gasteiger partial charge in [-0.1, -0.05) is 6.92 Å². The van der Waals surface area contributed by atoms with Crippen LogP contribution in [0.2, 0.25) is 0 Å². The van der Waals surface area contributed by atoms with Crippen LogP contribution in [0.1, 0.15) is 42.9 Å². The number of hydrogen-bond acceptors (Lipinski definition) is 1. The fraction of sp³-hybridized carbons (Fsp3) is 0.455. The standard InChI is InChI=1S/C11H12F2O/c1-6-2-5-9(14)11-8(13)4-3-7(12)10(6)11/h3-4,6,9,14H,2,5H2,1H3. The minimum absolute atomic E-state index is 0.0101. The van der Waals surface area contributed by atoms with Crippen molar-refractivity contribution in [2.24, 2.45) is 0 Å². The lowest BCUT2D eigenvalue weighted by Crippen LogP contribution is -2.16. The van der Waals surface area contributed by atoms with Crippen molar-refractivity contribution in [3.8, 4) is 0 Å². The molecule has 1 aliphatic carbocycles. The first-order chi connectivity index (χ1) is 6.61. The average Bonchev–Trinajstić information content (AvgIpc) is 2.16. The quantitative estimate of drug-likeness (QED) is 0.679. The SMILES string of the molecule is CC1CCC(O)c2c(F)ccc(F)c21. The van der Waals surface area contributed by atoms with Crippen molar-refractivity contribution in [3.63, 3.8) is 0 Å². The Bertz CT molecular complexity index is 328. The molecule has 1 aromatic rings. The fourth-order valence-corrected chi connectivity index (χ4v) is 2.12. The van der Waals surface area contributed by atoms with Gasteiger partial charge >= 0.3 is 0 Å². The fourth-order valence-electron chi connectivity index (χ4n) is 2.12. The summed E-state index contributed by atoms with van der Waals surface area (Å²) in [5.41, 5.74) is 0.507. The van der Waals surface area contributed by atoms with Gasteiger partial charge in [0, 0.05) is 5.56 Å². The van der Waals surface area contributed by atoms with Crippen molar-refractivity contribution in [2.45, 2.75) is 31.8 Å². The van der Waals surface area contributed by atoms with Crippen LogP contribution in [0.5, 0.6) is 0 Å². The smallest absolute Gasteiger partial charge is 0.129 e. The first-order valence-corrected chi connectivity index (χ1v) is 4.77. The molecule has 0 saturated heterocycles. The Balaban J connectivity index is 2.65. The van der Waals surface area contributed by atoms with Crippen LogP contribution in [-0.2, 0) is 0 Å². The molecule has 2 rings (SSSR count). The normalized spacial score (nSPS) is 26.0. The Morgan fingerprint density at radius 1 is 1.14 bits per heavy atom. The highest BCUT2D eigenvalue weighted by Crippen LogP contribution is 2.39. The van der Waals surface area contributed by atoms with Crippen molar-refractivity contribution in [2.75, 3.05) is 0 Å². The third-order valence-corrected chi connectivity index (χ3v) is 2.88. The largest absolute Gasteiger partial charge is 0.388 e. The van der Waals surface area contributed by atoms with Gasteiger partial charge in [0.2, 0.25) is 0 Å². The summed E-state index contributed by atoms with van der Waals surface area (Å²) in [6.07, 6.45) is 0.361. The van der Waals surface area contributed by atoms with E-state index in [0.29, 0.717) is 18.4 Å². The maximum atomic E-state index is 13.4. The zero-order valence-corrected chi connectivity index (χ0v) is 7.93. The van der Waals surface area contributed by atoms with Crippen molar-refractivity contribution in [1.29, 1.82) is 0 Å². The summed E-state index contributed by atoms with van der Waals surface area (Å²) in [6.45, 7) is 1.85. The summed E-state index contributed by atoms with van der Waals surface area (Å²) >= 11 is 0. The Hall–Kier alpha value is -0.960. The van der Waals surface area contributed by atoms with Gasteiger partial charge in [-0.15, -0.1) is 0 Å². The van der Waals surface area contributed by atoms with Crippen LogP contribution >= 0.6 is 0 Å². The first-order valence-electron chi connectivity index (χ1n) is 4.77. The third kappa shape index (κ3) is 1.32. The Morgan fingerprint density at radius 3 is 2.29 bits per heavy atom. The Kier molecular flexibility index (Phi) is 2.27. The van der Waals surface area contributed by atoms with Crippen molar-refractivity contribution < 1.29 is 13.9 Å². The van der Waals surface area contributed by atoms with Crippen molar-refractivity contribution in [1.82, 2.24) is 0 Å². The molecule has 0 fully saturated rings. The lowest BCUT2D eigenvalue weighted by atomic mass is 9.82. The maximum absolute atomic E-state index is 13.4. The Morgan fingerprint density at radius 2 is 1.71 bits per heavy atom. The first kappa shape index (κ1) is 9.59. The predicted molar refractivity (Wildman–Crippen MR) is 49.0 cm³/mol. The average molecular weight is 198 g/mol. The van der Waals surface area contributed by atoms with Gasteiger partial charge in [-0.3, -0.25) is 0 Å². The molecular weight excluding hydrogens is 186 g/mol. The molecule has 0 radical (unpaired) electrons. The van der Waals surface area contributed by atoms with Gasteiger partial charge in [0.05, 0.1) is 6.10 Å². The molecule has 76 valence electrons. The summed E-state index contributed by atoms with van der Waals surface area (Å²) in [5, 5.41) is 9.58. The number of fused-ring (bicyclic) bond motifs is 1. The molecule has 1 aliphatic rings. The molecular formula is C11H12F2O. The van der Waals surface area contributed by atoms with Crippen LogP contribution in [0, 0.1) is 11.6 Å². The summed E-state index contributed by atoms with van der Waals surface area (Å²) in [7, 11) is 0. The second-order valence-corrected chi connectivity index (χ2v) is 3.85. The number of benzene rings is 1. The van der Waals surface area contributed by atoms with Gasteiger partial charge < -0.3 is 5.11 Å². The molecule has 1 nitrogen and oxygen atoms in total. The third-order valence-electron chi connectivity index (χ3n) is 2.88. The minimum Gasteiger partial charge on any atom is -0.388 e. The van der Waals surface area contributed by atoms with Gasteiger partial charge in [-0.25, -0.2) is 8.78 Å². The van der Waals surface area contributed by atoms with Gasteiger partial charge in [-0.05, 0) is 36.5 Å². The molecule has 2 unspecified atom stereocenters. The molecule has 0 heterocycles. The monoisotopic (exact) mass is 198 g/mol. The van der Waals surface area contributed by atoms with E-state index in [4.69, 9.17) is 0 Å². The predicted octanol–water partition coefficient (Wildman–Crippen LogP) is 2.90. The number of rotatable bonds is 0. The number of hydrogen-bond donors (Lipinski definition) is 1. The van der Waals surface area contributed by atoms with E-state index in [2.05, 4.69) is 0 Å². The maximum Gasteiger partial charge on any atom is 0.129 e. The second kappa shape index (κ2) is 3.31. The molecule has 0 saturated carbocycles. The van der Waals surface area contributed by atoms with E-state index in [1.54, 1.807) is 0 Å². The van der Waals surface area contributed by atoms with Gasteiger partial charge in [-0.2, -0.15) is 0 Å². The van der Waals surface area contributed by atoms with Crippen molar-refractivity contribution >= 4 is 0 Å². The molecule has 3 heteroatoms.